The summed E-state index contributed by atoms with van der Waals surface area (Å²) in [7, 11) is 1.81. The van der Waals surface area contributed by atoms with Gasteiger partial charge in [-0.2, -0.15) is 4.98 Å². The number of rotatable bonds is 4. The van der Waals surface area contributed by atoms with Crippen LogP contribution < -0.4 is 10.6 Å². The van der Waals surface area contributed by atoms with Gasteiger partial charge in [0.2, 0.25) is 5.95 Å². The maximum atomic E-state index is 4.32. The molecule has 1 aromatic carbocycles. The minimum Gasteiger partial charge on any atom is -0.363 e. The van der Waals surface area contributed by atoms with E-state index in [2.05, 4.69) is 39.7 Å². The van der Waals surface area contributed by atoms with Crippen LogP contribution in [0.3, 0.4) is 0 Å². The second-order valence-corrected chi connectivity index (χ2v) is 3.79. The molecule has 1 heterocycles. The first-order valence-corrected chi connectivity index (χ1v) is 5.62. The van der Waals surface area contributed by atoms with E-state index in [-0.39, 0.29) is 6.04 Å². The van der Waals surface area contributed by atoms with Gasteiger partial charge in [-0.1, -0.05) is 30.3 Å². The number of aromatic nitrogens is 2. The molecule has 88 valence electrons. The summed E-state index contributed by atoms with van der Waals surface area (Å²) in [5, 5.41) is 6.26. The number of nitrogens with one attached hydrogen (secondary N) is 2. The Hall–Kier alpha value is -2.10. The Kier molecular flexibility index (Phi) is 3.55. The summed E-state index contributed by atoms with van der Waals surface area (Å²) in [6.07, 6.45) is 1.74. The highest BCUT2D eigenvalue weighted by atomic mass is 15.1. The van der Waals surface area contributed by atoms with Gasteiger partial charge in [0.1, 0.15) is 5.82 Å². The predicted octanol–water partition coefficient (Wildman–Crippen LogP) is 2.69. The molecule has 0 aliphatic rings. The largest absolute Gasteiger partial charge is 0.363 e. The minimum absolute atomic E-state index is 0.218. The van der Waals surface area contributed by atoms with Crippen molar-refractivity contribution in [2.75, 3.05) is 17.7 Å². The summed E-state index contributed by atoms with van der Waals surface area (Å²) < 4.78 is 0. The molecule has 0 spiro atoms. The fraction of sp³-hybridized carbons (Fsp3) is 0.231. The third-order valence-corrected chi connectivity index (χ3v) is 2.54. The summed E-state index contributed by atoms with van der Waals surface area (Å²) in [5.41, 5.74) is 1.23. The Morgan fingerprint density at radius 2 is 1.88 bits per heavy atom. The van der Waals surface area contributed by atoms with Crippen molar-refractivity contribution < 1.29 is 0 Å². The predicted molar refractivity (Wildman–Crippen MR) is 70.1 cm³/mol. The van der Waals surface area contributed by atoms with Crippen molar-refractivity contribution in [2.45, 2.75) is 13.0 Å². The Labute approximate surface area is 101 Å². The molecule has 2 rings (SSSR count). The third-order valence-electron chi connectivity index (χ3n) is 2.54. The third kappa shape index (κ3) is 2.93. The van der Waals surface area contributed by atoms with Crippen LogP contribution in [0.25, 0.3) is 0 Å². The van der Waals surface area contributed by atoms with Crippen molar-refractivity contribution in [3.8, 4) is 0 Å². The maximum Gasteiger partial charge on any atom is 0.224 e. The molecule has 0 aliphatic carbocycles. The van der Waals surface area contributed by atoms with E-state index >= 15 is 0 Å². The summed E-state index contributed by atoms with van der Waals surface area (Å²) in [5.74, 6) is 1.44. The van der Waals surface area contributed by atoms with Gasteiger partial charge < -0.3 is 10.6 Å². The van der Waals surface area contributed by atoms with Gasteiger partial charge in [0.15, 0.2) is 0 Å². The van der Waals surface area contributed by atoms with Gasteiger partial charge in [-0.3, -0.25) is 0 Å². The molecule has 0 amide bonds. The van der Waals surface area contributed by atoms with Crippen molar-refractivity contribution in [1.29, 1.82) is 0 Å². The zero-order chi connectivity index (χ0) is 12.1. The zero-order valence-electron chi connectivity index (χ0n) is 10.0. The van der Waals surface area contributed by atoms with Gasteiger partial charge in [-0.15, -0.1) is 0 Å². The summed E-state index contributed by atoms with van der Waals surface area (Å²) in [4.78, 5) is 8.40. The molecule has 0 saturated carbocycles. The standard InChI is InChI=1S/C13H16N4/c1-10(11-6-4-3-5-7-11)16-12-8-9-15-13(14-2)17-12/h3-10H,1-2H3,(H2,14,15,16,17). The average molecular weight is 228 g/mol. The highest BCUT2D eigenvalue weighted by Crippen LogP contribution is 2.17. The van der Waals surface area contributed by atoms with Gasteiger partial charge in [0.25, 0.3) is 0 Å². The maximum absolute atomic E-state index is 4.32. The van der Waals surface area contributed by atoms with Crippen LogP contribution >= 0.6 is 0 Å². The lowest BCUT2D eigenvalue weighted by molar-refractivity contribution is 0.872. The van der Waals surface area contributed by atoms with Crippen LogP contribution in [0.4, 0.5) is 11.8 Å². The van der Waals surface area contributed by atoms with Crippen LogP contribution in [0.5, 0.6) is 0 Å². The molecule has 0 bridgehead atoms. The average Bonchev–Trinajstić information content (AvgIpc) is 2.40. The van der Waals surface area contributed by atoms with Crippen LogP contribution in [0.15, 0.2) is 42.6 Å². The second kappa shape index (κ2) is 5.30. The lowest BCUT2D eigenvalue weighted by Gasteiger charge is -2.15. The summed E-state index contributed by atoms with van der Waals surface area (Å²) >= 11 is 0. The van der Waals surface area contributed by atoms with E-state index in [1.165, 1.54) is 5.56 Å². The molecule has 0 fully saturated rings. The molecule has 0 saturated heterocycles. The topological polar surface area (TPSA) is 49.8 Å². The van der Waals surface area contributed by atoms with Crippen molar-refractivity contribution in [1.82, 2.24) is 9.97 Å². The normalized spacial score (nSPS) is 11.9. The summed E-state index contributed by atoms with van der Waals surface area (Å²) in [6.45, 7) is 2.11. The van der Waals surface area contributed by atoms with Gasteiger partial charge in [-0.05, 0) is 18.6 Å². The van der Waals surface area contributed by atoms with Crippen LogP contribution in [0.1, 0.15) is 18.5 Å². The zero-order valence-corrected chi connectivity index (χ0v) is 10.0. The van der Waals surface area contributed by atoms with Gasteiger partial charge in [0, 0.05) is 19.3 Å². The van der Waals surface area contributed by atoms with E-state index < -0.39 is 0 Å². The Bertz CT molecular complexity index is 470. The molecule has 2 aromatic rings. The van der Waals surface area contributed by atoms with E-state index in [0.29, 0.717) is 5.95 Å². The highest BCUT2D eigenvalue weighted by molar-refractivity contribution is 5.41. The highest BCUT2D eigenvalue weighted by Gasteiger charge is 2.05. The Morgan fingerprint density at radius 1 is 1.12 bits per heavy atom. The molecule has 0 aliphatic heterocycles. The van der Waals surface area contributed by atoms with Crippen molar-refractivity contribution in [3.05, 3.63) is 48.2 Å². The molecule has 1 aromatic heterocycles. The van der Waals surface area contributed by atoms with Crippen molar-refractivity contribution in [3.63, 3.8) is 0 Å². The molecule has 1 atom stereocenters. The fourth-order valence-electron chi connectivity index (χ4n) is 1.61. The van der Waals surface area contributed by atoms with Crippen molar-refractivity contribution in [2.24, 2.45) is 0 Å². The van der Waals surface area contributed by atoms with Crippen molar-refractivity contribution >= 4 is 11.8 Å². The molecule has 1 unspecified atom stereocenters. The summed E-state index contributed by atoms with van der Waals surface area (Å²) in [6, 6.07) is 12.4. The van der Waals surface area contributed by atoms with Crippen LogP contribution in [-0.4, -0.2) is 17.0 Å². The van der Waals surface area contributed by atoms with Crippen LogP contribution in [0.2, 0.25) is 0 Å². The molecule has 4 nitrogen and oxygen atoms in total. The van der Waals surface area contributed by atoms with E-state index in [1.54, 1.807) is 13.2 Å². The lowest BCUT2D eigenvalue weighted by Crippen LogP contribution is -2.08. The SMILES string of the molecule is CNc1nccc(NC(C)c2ccccc2)n1. The molecule has 2 N–H and O–H groups in total. The molecular weight excluding hydrogens is 212 g/mol. The van der Waals surface area contributed by atoms with Gasteiger partial charge in [-0.25, -0.2) is 4.98 Å². The molecule has 17 heavy (non-hydrogen) atoms. The minimum atomic E-state index is 0.218. The second-order valence-electron chi connectivity index (χ2n) is 3.79. The Morgan fingerprint density at radius 3 is 2.59 bits per heavy atom. The fourth-order valence-corrected chi connectivity index (χ4v) is 1.61. The number of benzene rings is 1. The molecular formula is C13H16N4. The number of hydrogen-bond donors (Lipinski definition) is 2. The van der Waals surface area contributed by atoms with Gasteiger partial charge >= 0.3 is 0 Å². The first-order chi connectivity index (χ1) is 8.29. The van der Waals surface area contributed by atoms with E-state index in [4.69, 9.17) is 0 Å². The van der Waals surface area contributed by atoms with E-state index in [1.807, 2.05) is 24.3 Å². The van der Waals surface area contributed by atoms with Gasteiger partial charge in [0.05, 0.1) is 0 Å². The molecule has 0 radical (unpaired) electrons. The lowest BCUT2D eigenvalue weighted by atomic mass is 10.1. The van der Waals surface area contributed by atoms with E-state index in [9.17, 15) is 0 Å². The first-order valence-electron chi connectivity index (χ1n) is 5.62. The smallest absolute Gasteiger partial charge is 0.224 e. The monoisotopic (exact) mass is 228 g/mol. The van der Waals surface area contributed by atoms with Crippen LogP contribution in [-0.2, 0) is 0 Å². The number of hydrogen-bond acceptors (Lipinski definition) is 4. The number of nitrogens with zero attached hydrogens (tertiary/aromatic N) is 2. The molecule has 4 heteroatoms. The number of anilines is 2. The Balaban J connectivity index is 2.10. The van der Waals surface area contributed by atoms with E-state index in [0.717, 1.165) is 5.82 Å². The first kappa shape index (κ1) is 11.4. The quantitative estimate of drug-likeness (QED) is 0.844. The van der Waals surface area contributed by atoms with Crippen LogP contribution in [0, 0.1) is 0 Å².